The number of nitrogens with zero attached hydrogens (tertiary/aromatic N) is 2. The average molecular weight is 395 g/mol. The molecule has 0 radical (unpaired) electrons. The van der Waals surface area contributed by atoms with Gasteiger partial charge in [-0.15, -0.1) is 11.3 Å². The number of benzene rings is 1. The molecule has 1 saturated heterocycles. The highest BCUT2D eigenvalue weighted by atomic mass is 35.5. The van der Waals surface area contributed by atoms with Gasteiger partial charge in [0.25, 0.3) is 11.1 Å². The van der Waals surface area contributed by atoms with Crippen molar-refractivity contribution < 1.29 is 14.4 Å². The minimum Gasteiger partial charge on any atom is -0.337 e. The van der Waals surface area contributed by atoms with Crippen LogP contribution in [-0.4, -0.2) is 39.7 Å². The van der Waals surface area contributed by atoms with Crippen LogP contribution in [0.1, 0.15) is 20.8 Å². The summed E-state index contributed by atoms with van der Waals surface area (Å²) in [5, 5.41) is -0.242. The average Bonchev–Trinajstić information content (AvgIpc) is 3.14. The molecule has 1 aliphatic heterocycles. The third-order valence-corrected chi connectivity index (χ3v) is 5.80. The van der Waals surface area contributed by atoms with Crippen molar-refractivity contribution in [3.63, 3.8) is 0 Å². The first-order chi connectivity index (χ1) is 11.9. The quantitative estimate of drug-likeness (QED) is 0.772. The van der Waals surface area contributed by atoms with Gasteiger partial charge in [0.15, 0.2) is 0 Å². The van der Waals surface area contributed by atoms with Gasteiger partial charge in [0.2, 0.25) is 5.91 Å². The zero-order valence-electron chi connectivity index (χ0n) is 13.4. The van der Waals surface area contributed by atoms with Crippen LogP contribution in [0, 0.1) is 0 Å². The molecule has 130 valence electrons. The standard InChI is InChI=1S/C17H15ClN2O3S2/c1-19(9-13-5-6-14(18)25-13)16(22)12-4-2-3-11(7-12)8-20-15(21)10-24-17(20)23/h2-7H,8-10H2,1H3. The second-order valence-corrected chi connectivity index (χ2v) is 8.33. The lowest BCUT2D eigenvalue weighted by Gasteiger charge is -2.17. The molecule has 0 atom stereocenters. The van der Waals surface area contributed by atoms with Gasteiger partial charge in [-0.05, 0) is 29.8 Å². The second kappa shape index (κ2) is 7.59. The van der Waals surface area contributed by atoms with Gasteiger partial charge in [-0.3, -0.25) is 19.3 Å². The molecular formula is C17H15ClN2O3S2. The fourth-order valence-corrected chi connectivity index (χ4v) is 4.35. The van der Waals surface area contributed by atoms with E-state index in [9.17, 15) is 14.4 Å². The fourth-order valence-electron chi connectivity index (χ4n) is 2.48. The summed E-state index contributed by atoms with van der Waals surface area (Å²) in [4.78, 5) is 39.9. The van der Waals surface area contributed by atoms with Crippen molar-refractivity contribution in [3.8, 4) is 0 Å². The number of rotatable bonds is 5. The maximum absolute atomic E-state index is 12.6. The van der Waals surface area contributed by atoms with E-state index >= 15 is 0 Å². The Bertz CT molecular complexity index is 821. The first-order valence-electron chi connectivity index (χ1n) is 7.50. The van der Waals surface area contributed by atoms with Crippen LogP contribution < -0.4 is 0 Å². The Balaban J connectivity index is 1.70. The molecule has 0 unspecified atom stereocenters. The van der Waals surface area contributed by atoms with E-state index in [4.69, 9.17) is 11.6 Å². The van der Waals surface area contributed by atoms with Crippen LogP contribution in [-0.2, 0) is 17.9 Å². The number of carbonyl (C=O) groups excluding carboxylic acids is 3. The molecule has 0 bridgehead atoms. The highest BCUT2D eigenvalue weighted by Gasteiger charge is 2.29. The number of imide groups is 1. The van der Waals surface area contributed by atoms with Gasteiger partial charge >= 0.3 is 0 Å². The van der Waals surface area contributed by atoms with Crippen molar-refractivity contribution in [1.29, 1.82) is 0 Å². The van der Waals surface area contributed by atoms with Crippen LogP contribution >= 0.6 is 34.7 Å². The van der Waals surface area contributed by atoms with Gasteiger partial charge in [0.1, 0.15) is 0 Å². The Kier molecular flexibility index (Phi) is 5.46. The molecular weight excluding hydrogens is 380 g/mol. The summed E-state index contributed by atoms with van der Waals surface area (Å²) in [6.07, 6.45) is 0. The molecule has 0 spiro atoms. The minimum absolute atomic E-state index is 0.125. The summed E-state index contributed by atoms with van der Waals surface area (Å²) in [6, 6.07) is 10.7. The molecule has 0 saturated carbocycles. The van der Waals surface area contributed by atoms with Crippen molar-refractivity contribution >= 4 is 51.8 Å². The largest absolute Gasteiger partial charge is 0.337 e. The Morgan fingerprint density at radius 3 is 2.72 bits per heavy atom. The highest BCUT2D eigenvalue weighted by molar-refractivity contribution is 8.14. The first kappa shape index (κ1) is 18.0. The van der Waals surface area contributed by atoms with Gasteiger partial charge in [-0.25, -0.2) is 0 Å². The zero-order valence-corrected chi connectivity index (χ0v) is 15.8. The van der Waals surface area contributed by atoms with E-state index in [0.29, 0.717) is 16.4 Å². The number of amides is 3. The van der Waals surface area contributed by atoms with E-state index in [0.717, 1.165) is 22.2 Å². The van der Waals surface area contributed by atoms with E-state index in [1.54, 1.807) is 36.2 Å². The SMILES string of the molecule is CN(Cc1ccc(Cl)s1)C(=O)c1cccc(CN2C(=O)CSC2=O)c1. The van der Waals surface area contributed by atoms with Crippen LogP contribution in [0.3, 0.4) is 0 Å². The summed E-state index contributed by atoms with van der Waals surface area (Å²) in [6.45, 7) is 0.663. The molecule has 8 heteroatoms. The van der Waals surface area contributed by atoms with Crippen LogP contribution in [0.4, 0.5) is 4.79 Å². The molecule has 0 N–H and O–H groups in total. The number of thioether (sulfide) groups is 1. The Labute approximate surface area is 158 Å². The molecule has 2 heterocycles. The molecule has 1 aliphatic rings. The monoisotopic (exact) mass is 394 g/mol. The predicted molar refractivity (Wildman–Crippen MR) is 100.0 cm³/mol. The Morgan fingerprint density at radius 1 is 1.28 bits per heavy atom. The maximum atomic E-state index is 12.6. The van der Waals surface area contributed by atoms with Crippen LogP contribution in [0.2, 0.25) is 4.34 Å². The van der Waals surface area contributed by atoms with Gasteiger partial charge in [-0.1, -0.05) is 35.5 Å². The number of halogens is 1. The Hall–Kier alpha value is -1.83. The number of hydrogen-bond donors (Lipinski definition) is 0. The smallest absolute Gasteiger partial charge is 0.289 e. The minimum atomic E-state index is -0.242. The van der Waals surface area contributed by atoms with E-state index in [1.165, 1.54) is 16.2 Å². The van der Waals surface area contributed by atoms with E-state index in [1.807, 2.05) is 12.1 Å². The highest BCUT2D eigenvalue weighted by Crippen LogP contribution is 2.24. The topological polar surface area (TPSA) is 57.7 Å². The maximum Gasteiger partial charge on any atom is 0.289 e. The van der Waals surface area contributed by atoms with E-state index < -0.39 is 0 Å². The number of thiophene rings is 1. The molecule has 0 aliphatic carbocycles. The summed E-state index contributed by atoms with van der Waals surface area (Å²) < 4.78 is 0.690. The lowest BCUT2D eigenvalue weighted by Crippen LogP contribution is -2.28. The number of carbonyl (C=O) groups is 3. The molecule has 5 nitrogen and oxygen atoms in total. The Morgan fingerprint density at radius 2 is 2.08 bits per heavy atom. The third-order valence-electron chi connectivity index (χ3n) is 3.72. The van der Waals surface area contributed by atoms with Crippen molar-refractivity contribution in [1.82, 2.24) is 9.80 Å². The molecule has 1 aromatic heterocycles. The summed E-state index contributed by atoms with van der Waals surface area (Å²) in [7, 11) is 1.73. The van der Waals surface area contributed by atoms with Crippen molar-refractivity contribution in [2.45, 2.75) is 13.1 Å². The van der Waals surface area contributed by atoms with Crippen LogP contribution in [0.25, 0.3) is 0 Å². The van der Waals surface area contributed by atoms with Crippen molar-refractivity contribution in [2.75, 3.05) is 12.8 Å². The lowest BCUT2D eigenvalue weighted by molar-refractivity contribution is -0.125. The van der Waals surface area contributed by atoms with E-state index in [2.05, 4.69) is 0 Å². The summed E-state index contributed by atoms with van der Waals surface area (Å²) in [5.41, 5.74) is 1.28. The normalized spacial score (nSPS) is 14.2. The zero-order chi connectivity index (χ0) is 18.0. The van der Waals surface area contributed by atoms with Gasteiger partial charge in [-0.2, -0.15) is 0 Å². The molecule has 3 amide bonds. The predicted octanol–water partition coefficient (Wildman–Crippen LogP) is 3.87. The van der Waals surface area contributed by atoms with E-state index in [-0.39, 0.29) is 29.4 Å². The fraction of sp³-hybridized carbons (Fsp3) is 0.235. The van der Waals surface area contributed by atoms with Gasteiger partial charge < -0.3 is 4.90 Å². The molecule has 2 aromatic rings. The van der Waals surface area contributed by atoms with Gasteiger partial charge in [0.05, 0.1) is 23.2 Å². The van der Waals surface area contributed by atoms with Crippen molar-refractivity contribution in [3.05, 3.63) is 56.7 Å². The summed E-state index contributed by atoms with van der Waals surface area (Å²) >= 11 is 8.36. The van der Waals surface area contributed by atoms with Crippen LogP contribution in [0.15, 0.2) is 36.4 Å². The lowest BCUT2D eigenvalue weighted by atomic mass is 10.1. The first-order valence-corrected chi connectivity index (χ1v) is 9.68. The molecule has 1 aromatic carbocycles. The molecule has 25 heavy (non-hydrogen) atoms. The third kappa shape index (κ3) is 4.23. The van der Waals surface area contributed by atoms with Gasteiger partial charge in [0, 0.05) is 17.5 Å². The summed E-state index contributed by atoms with van der Waals surface area (Å²) in [5.74, 6) is -0.137. The van der Waals surface area contributed by atoms with Crippen LogP contribution in [0.5, 0.6) is 0 Å². The second-order valence-electron chi connectivity index (χ2n) is 5.60. The van der Waals surface area contributed by atoms with Crippen molar-refractivity contribution in [2.24, 2.45) is 0 Å². The molecule has 1 fully saturated rings. The number of hydrogen-bond acceptors (Lipinski definition) is 5. The molecule has 3 rings (SSSR count).